The molecule has 3 aromatic rings. The molecule has 0 saturated carbocycles. The fourth-order valence-corrected chi connectivity index (χ4v) is 5.05. The van der Waals surface area contributed by atoms with E-state index in [9.17, 15) is 8.42 Å². The van der Waals surface area contributed by atoms with Gasteiger partial charge in [-0.05, 0) is 19.9 Å². The zero-order valence-electron chi connectivity index (χ0n) is 20.7. The van der Waals surface area contributed by atoms with Crippen molar-refractivity contribution in [2.45, 2.75) is 38.2 Å². The van der Waals surface area contributed by atoms with Crippen LogP contribution in [-0.2, 0) is 19.5 Å². The van der Waals surface area contributed by atoms with Crippen LogP contribution in [-0.4, -0.2) is 58.8 Å². The number of methoxy groups -OCH3 is 2. The summed E-state index contributed by atoms with van der Waals surface area (Å²) in [4.78, 5) is 8.60. The van der Waals surface area contributed by atoms with Crippen LogP contribution in [0, 0.1) is 6.92 Å². The Morgan fingerprint density at radius 2 is 1.83 bits per heavy atom. The Hall–Kier alpha value is -3.77. The van der Waals surface area contributed by atoms with Crippen LogP contribution in [0.1, 0.15) is 31.2 Å². The van der Waals surface area contributed by atoms with E-state index in [1.165, 1.54) is 14.2 Å². The van der Waals surface area contributed by atoms with E-state index in [4.69, 9.17) is 9.47 Å². The van der Waals surface area contributed by atoms with E-state index in [1.54, 1.807) is 43.1 Å². The maximum Gasteiger partial charge on any atom is 0.243 e. The van der Waals surface area contributed by atoms with Gasteiger partial charge in [-0.2, -0.15) is 0 Å². The van der Waals surface area contributed by atoms with Crippen LogP contribution in [0.5, 0.6) is 0 Å². The minimum Gasteiger partial charge on any atom is -0.495 e. The van der Waals surface area contributed by atoms with Crippen molar-refractivity contribution in [3.63, 3.8) is 0 Å². The van der Waals surface area contributed by atoms with E-state index in [1.807, 2.05) is 37.3 Å². The highest BCUT2D eigenvalue weighted by atomic mass is 32.2. The van der Waals surface area contributed by atoms with E-state index >= 15 is 0 Å². The van der Waals surface area contributed by atoms with Crippen LogP contribution < -0.4 is 10.0 Å². The first-order chi connectivity index (χ1) is 17.3. The highest BCUT2D eigenvalue weighted by Crippen LogP contribution is 2.32. The van der Waals surface area contributed by atoms with Crippen molar-refractivity contribution < 1.29 is 17.9 Å². The third-order valence-corrected chi connectivity index (χ3v) is 7.92. The third kappa shape index (κ3) is 4.95. The Morgan fingerprint density at radius 1 is 1.08 bits per heavy atom. The molecule has 0 fully saturated rings. The van der Waals surface area contributed by atoms with Gasteiger partial charge >= 0.3 is 0 Å². The molecule has 190 valence electrons. The van der Waals surface area contributed by atoms with Gasteiger partial charge in [0.2, 0.25) is 16.0 Å². The maximum absolute atomic E-state index is 13.5. The Labute approximate surface area is 210 Å². The van der Waals surface area contributed by atoms with Crippen molar-refractivity contribution in [1.29, 1.82) is 0 Å². The Morgan fingerprint density at radius 3 is 2.47 bits per heavy atom. The molecule has 1 aromatic carbocycles. The van der Waals surface area contributed by atoms with Gasteiger partial charge in [-0.1, -0.05) is 37.3 Å². The molecular formula is C24H29N7O4S. The van der Waals surface area contributed by atoms with Crippen LogP contribution in [0.25, 0.3) is 17.1 Å². The highest BCUT2D eigenvalue weighted by Gasteiger charge is 2.33. The number of ether oxygens (including phenoxy) is 2. The third-order valence-electron chi connectivity index (χ3n) is 6.07. The molecule has 11 nitrogen and oxygen atoms in total. The van der Waals surface area contributed by atoms with Crippen LogP contribution >= 0.6 is 0 Å². The molecule has 0 bridgehead atoms. The number of nitrogens with one attached hydrogen (secondary N) is 2. The molecule has 1 unspecified atom stereocenters. The van der Waals surface area contributed by atoms with Crippen molar-refractivity contribution in [3.8, 4) is 11.4 Å². The molecule has 1 aliphatic heterocycles. The van der Waals surface area contributed by atoms with Crippen LogP contribution in [0.15, 0.2) is 60.8 Å². The summed E-state index contributed by atoms with van der Waals surface area (Å²) in [5.41, 5.74) is 2.56. The van der Waals surface area contributed by atoms with E-state index in [0.29, 0.717) is 23.0 Å². The van der Waals surface area contributed by atoms with Gasteiger partial charge in [-0.15, -0.1) is 10.2 Å². The molecule has 3 heterocycles. The van der Waals surface area contributed by atoms with Crippen LogP contribution in [0.2, 0.25) is 0 Å². The molecular weight excluding hydrogens is 482 g/mol. The number of hydrogen-bond donors (Lipinski definition) is 2. The summed E-state index contributed by atoms with van der Waals surface area (Å²) in [6, 6.07) is 9.33. The Balaban J connectivity index is 1.79. The second kappa shape index (κ2) is 10.5. The van der Waals surface area contributed by atoms with E-state index in [2.05, 4.69) is 30.2 Å². The average Bonchev–Trinajstić information content (AvgIpc) is 3.30. The summed E-state index contributed by atoms with van der Waals surface area (Å²) in [6.07, 6.45) is 5.99. The molecule has 36 heavy (non-hydrogen) atoms. The van der Waals surface area contributed by atoms with Gasteiger partial charge < -0.3 is 14.8 Å². The fraction of sp³-hybridized carbons (Fsp3) is 0.333. The molecule has 0 spiro atoms. The topological polar surface area (TPSA) is 133 Å². The number of aryl methyl sites for hydroxylation is 1. The van der Waals surface area contributed by atoms with Gasteiger partial charge in [0.15, 0.2) is 12.1 Å². The second-order valence-electron chi connectivity index (χ2n) is 8.34. The molecule has 1 aliphatic rings. The lowest BCUT2D eigenvalue weighted by Gasteiger charge is -2.27. The van der Waals surface area contributed by atoms with Crippen molar-refractivity contribution >= 4 is 21.7 Å². The first kappa shape index (κ1) is 25.3. The molecule has 2 N–H and O–H groups in total. The predicted molar refractivity (Wildman–Crippen MR) is 136 cm³/mol. The molecule has 12 heteroatoms. The normalized spacial score (nSPS) is 17.4. The van der Waals surface area contributed by atoms with Gasteiger partial charge in [0.05, 0.1) is 23.7 Å². The smallest absolute Gasteiger partial charge is 0.243 e. The Bertz CT molecular complexity index is 1370. The van der Waals surface area contributed by atoms with Gasteiger partial charge in [0, 0.05) is 37.2 Å². The van der Waals surface area contributed by atoms with E-state index < -0.39 is 27.4 Å². The summed E-state index contributed by atoms with van der Waals surface area (Å²) in [5.74, 6) is 0.461. The zero-order valence-corrected chi connectivity index (χ0v) is 21.5. The first-order valence-corrected chi connectivity index (χ1v) is 12.9. The predicted octanol–water partition coefficient (Wildman–Crippen LogP) is 2.88. The van der Waals surface area contributed by atoms with Crippen LogP contribution in [0.3, 0.4) is 0 Å². The van der Waals surface area contributed by atoms with E-state index in [0.717, 1.165) is 11.3 Å². The monoisotopic (exact) mass is 511 g/mol. The average molecular weight is 512 g/mol. The molecule has 4 rings (SSSR count). The first-order valence-electron chi connectivity index (χ1n) is 11.3. The molecule has 3 atom stereocenters. The lowest BCUT2D eigenvalue weighted by atomic mass is 10.1. The summed E-state index contributed by atoms with van der Waals surface area (Å²) in [6.45, 7) is 5.24. The van der Waals surface area contributed by atoms with E-state index in [-0.39, 0.29) is 5.95 Å². The number of hydrogen-bond acceptors (Lipinski definition) is 9. The molecule has 0 radical (unpaired) electrons. The number of anilines is 1. The second-order valence-corrected chi connectivity index (χ2v) is 10.4. The van der Waals surface area contributed by atoms with Gasteiger partial charge in [0.1, 0.15) is 11.5 Å². The van der Waals surface area contributed by atoms with Crippen molar-refractivity contribution in [2.75, 3.05) is 18.9 Å². The van der Waals surface area contributed by atoms with Crippen molar-refractivity contribution in [1.82, 2.24) is 30.0 Å². The SMILES string of the molecule is COC1=C(n2c(NS(=O)(=O)[C@@H](C)[C@H](C)c3cnc(C)cn3)nnc2-c2ccccc2)C(OC)NC=C1. The Kier molecular flexibility index (Phi) is 7.36. The largest absolute Gasteiger partial charge is 0.495 e. The minimum atomic E-state index is -3.93. The number of sulfonamides is 1. The molecule has 0 aliphatic carbocycles. The maximum atomic E-state index is 13.5. The minimum absolute atomic E-state index is 0.00610. The summed E-state index contributed by atoms with van der Waals surface area (Å²) >= 11 is 0. The standard InChI is InChI=1S/C24H29N7O4S/c1-15-13-27-19(14-26-15)16(2)17(3)36(32,33)30-24-29-28-22(18-9-7-6-8-10-18)31(24)21-20(34-4)11-12-25-23(21)35-5/h6-14,16-17,23,25H,1-5H3,(H,29,30)/t16-,17-,23?/m0/s1. The number of nitrogens with zero attached hydrogens (tertiary/aromatic N) is 5. The fourth-order valence-electron chi connectivity index (χ4n) is 3.80. The number of benzene rings is 1. The lowest BCUT2D eigenvalue weighted by molar-refractivity contribution is 0.122. The number of allylic oxidation sites excluding steroid dienone is 1. The summed E-state index contributed by atoms with van der Waals surface area (Å²) in [5, 5.41) is 10.8. The van der Waals surface area contributed by atoms with Gasteiger partial charge in [-0.3, -0.25) is 19.3 Å². The molecule has 0 amide bonds. The molecule has 0 saturated heterocycles. The van der Waals surface area contributed by atoms with Crippen molar-refractivity contribution in [2.24, 2.45) is 0 Å². The highest BCUT2D eigenvalue weighted by molar-refractivity contribution is 7.93. The number of dihydropyridines is 1. The lowest BCUT2D eigenvalue weighted by Crippen LogP contribution is -2.35. The summed E-state index contributed by atoms with van der Waals surface area (Å²) in [7, 11) is -0.870. The van der Waals surface area contributed by atoms with Gasteiger partial charge in [0.25, 0.3) is 0 Å². The summed E-state index contributed by atoms with van der Waals surface area (Å²) < 4.78 is 42.5. The molecule has 2 aromatic heterocycles. The number of aromatic nitrogens is 5. The quantitative estimate of drug-likeness (QED) is 0.445. The van der Waals surface area contributed by atoms with Crippen molar-refractivity contribution in [3.05, 3.63) is 72.1 Å². The van der Waals surface area contributed by atoms with Gasteiger partial charge in [-0.25, -0.2) is 8.42 Å². The van der Waals surface area contributed by atoms with Crippen LogP contribution in [0.4, 0.5) is 5.95 Å². The number of rotatable bonds is 9. The zero-order chi connectivity index (χ0) is 25.9.